The minimum absolute atomic E-state index is 0.00495. The molecule has 90 valence electrons. The first kappa shape index (κ1) is 10.5. The molecule has 0 radical (unpaired) electrons. The third kappa shape index (κ3) is 1.64. The van der Waals surface area contributed by atoms with E-state index in [9.17, 15) is 15.2 Å². The predicted octanol–water partition coefficient (Wildman–Crippen LogP) is 0.951. The summed E-state index contributed by atoms with van der Waals surface area (Å²) < 4.78 is 0. The van der Waals surface area contributed by atoms with E-state index in [-0.39, 0.29) is 5.69 Å². The number of hydrogen-bond acceptors (Lipinski definition) is 5. The van der Waals surface area contributed by atoms with Gasteiger partial charge in [0, 0.05) is 19.3 Å². The molecule has 1 saturated heterocycles. The van der Waals surface area contributed by atoms with Gasteiger partial charge >= 0.3 is 5.69 Å². The van der Waals surface area contributed by atoms with E-state index in [2.05, 4.69) is 4.98 Å². The maximum absolute atomic E-state index is 10.9. The summed E-state index contributed by atoms with van der Waals surface area (Å²) in [5.41, 5.74) is -0.0717. The van der Waals surface area contributed by atoms with Crippen LogP contribution >= 0.6 is 0 Å². The normalized spacial score (nSPS) is 22.1. The number of aromatic nitrogens is 1. The van der Waals surface area contributed by atoms with Gasteiger partial charge in [-0.2, -0.15) is 0 Å². The molecule has 2 aliphatic rings. The largest absolute Gasteiger partial charge is 0.386 e. The Morgan fingerprint density at radius 2 is 2.24 bits per heavy atom. The molecule has 1 aliphatic carbocycles. The highest BCUT2D eigenvalue weighted by atomic mass is 16.6. The van der Waals surface area contributed by atoms with Gasteiger partial charge in [-0.25, -0.2) is 0 Å². The molecule has 1 saturated carbocycles. The van der Waals surface area contributed by atoms with E-state index in [0.29, 0.717) is 24.7 Å². The summed E-state index contributed by atoms with van der Waals surface area (Å²) in [5.74, 6) is 0.389. The van der Waals surface area contributed by atoms with Crippen LogP contribution in [0.25, 0.3) is 0 Å². The van der Waals surface area contributed by atoms with Crippen molar-refractivity contribution in [2.45, 2.75) is 18.4 Å². The van der Waals surface area contributed by atoms with Crippen LogP contribution < -0.4 is 4.90 Å². The molecule has 2 fully saturated rings. The quantitative estimate of drug-likeness (QED) is 0.623. The Labute approximate surface area is 98.0 Å². The smallest absolute Gasteiger partial charge is 0.310 e. The van der Waals surface area contributed by atoms with Crippen LogP contribution in [0.2, 0.25) is 0 Å². The van der Waals surface area contributed by atoms with E-state index < -0.39 is 10.5 Å². The van der Waals surface area contributed by atoms with Crippen molar-refractivity contribution in [1.82, 2.24) is 4.98 Å². The first-order valence-electron chi connectivity index (χ1n) is 5.66. The zero-order chi connectivity index (χ0) is 12.0. The van der Waals surface area contributed by atoms with E-state index in [1.807, 2.05) is 4.90 Å². The average Bonchev–Trinajstić information content (AvgIpc) is 3.08. The Balaban J connectivity index is 1.80. The number of anilines is 1. The summed E-state index contributed by atoms with van der Waals surface area (Å²) >= 11 is 0. The number of nitro groups is 1. The highest BCUT2D eigenvalue weighted by molar-refractivity contribution is 5.64. The molecule has 0 unspecified atom stereocenters. The van der Waals surface area contributed by atoms with Crippen LogP contribution in [0.15, 0.2) is 18.5 Å². The van der Waals surface area contributed by atoms with Gasteiger partial charge in [0.05, 0.1) is 4.92 Å². The van der Waals surface area contributed by atoms with Gasteiger partial charge in [-0.1, -0.05) is 0 Å². The number of aliphatic hydroxyl groups is 1. The second kappa shape index (κ2) is 3.40. The minimum Gasteiger partial charge on any atom is -0.386 e. The Kier molecular flexibility index (Phi) is 2.09. The monoisotopic (exact) mass is 235 g/mol. The lowest BCUT2D eigenvalue weighted by molar-refractivity contribution is -0.384. The van der Waals surface area contributed by atoms with Gasteiger partial charge in [0.2, 0.25) is 0 Å². The number of nitrogens with zero attached hydrogens (tertiary/aromatic N) is 3. The van der Waals surface area contributed by atoms with Crippen LogP contribution in [0.3, 0.4) is 0 Å². The molecule has 1 aromatic heterocycles. The second-order valence-corrected chi connectivity index (χ2v) is 4.86. The van der Waals surface area contributed by atoms with Crippen molar-refractivity contribution in [1.29, 1.82) is 0 Å². The fraction of sp³-hybridized carbons (Fsp3) is 0.545. The molecular formula is C11H13N3O3. The van der Waals surface area contributed by atoms with Crippen molar-refractivity contribution in [3.63, 3.8) is 0 Å². The Bertz CT molecular complexity index is 467. The van der Waals surface area contributed by atoms with Gasteiger partial charge in [0.15, 0.2) is 0 Å². The lowest BCUT2D eigenvalue weighted by Gasteiger charge is -2.47. The van der Waals surface area contributed by atoms with Crippen LogP contribution in [0.1, 0.15) is 12.8 Å². The molecule has 0 amide bonds. The SMILES string of the molecule is O=[N+]([O-])c1cnccc1N1CC(O)(C2CC2)C1. The average molecular weight is 235 g/mol. The molecule has 6 nitrogen and oxygen atoms in total. The van der Waals surface area contributed by atoms with Gasteiger partial charge in [0.25, 0.3) is 0 Å². The molecule has 2 heterocycles. The Hall–Kier alpha value is -1.69. The van der Waals surface area contributed by atoms with Crippen LogP contribution in [0, 0.1) is 16.0 Å². The molecule has 0 spiro atoms. The summed E-state index contributed by atoms with van der Waals surface area (Å²) in [6.07, 6.45) is 4.94. The van der Waals surface area contributed by atoms with Crippen molar-refractivity contribution in [3.8, 4) is 0 Å². The van der Waals surface area contributed by atoms with Crippen molar-refractivity contribution in [2.75, 3.05) is 18.0 Å². The molecule has 0 aromatic carbocycles. The number of rotatable bonds is 3. The van der Waals surface area contributed by atoms with Gasteiger partial charge in [-0.3, -0.25) is 15.1 Å². The fourth-order valence-electron chi connectivity index (χ4n) is 2.45. The van der Waals surface area contributed by atoms with Gasteiger partial charge < -0.3 is 10.0 Å². The zero-order valence-electron chi connectivity index (χ0n) is 9.24. The second-order valence-electron chi connectivity index (χ2n) is 4.86. The van der Waals surface area contributed by atoms with Crippen LogP contribution in [0.5, 0.6) is 0 Å². The fourth-order valence-corrected chi connectivity index (χ4v) is 2.45. The summed E-state index contributed by atoms with van der Waals surface area (Å²) in [6, 6.07) is 1.63. The maximum Gasteiger partial charge on any atom is 0.310 e. The zero-order valence-corrected chi connectivity index (χ0v) is 9.24. The summed E-state index contributed by atoms with van der Waals surface area (Å²) in [7, 11) is 0. The standard InChI is InChI=1S/C11H13N3O3/c15-11(8-1-2-8)6-13(7-11)9-3-4-12-5-10(9)14(16)17/h3-5,8,15H,1-2,6-7H2. The third-order valence-electron chi connectivity index (χ3n) is 3.58. The minimum atomic E-state index is -0.628. The molecule has 17 heavy (non-hydrogen) atoms. The van der Waals surface area contributed by atoms with Gasteiger partial charge in [-0.05, 0) is 24.8 Å². The number of β-amino-alcohol motifs (C(OH)–C–C–N with tert-alkyl or cyclic N) is 1. The first-order chi connectivity index (χ1) is 8.10. The molecule has 3 rings (SSSR count). The van der Waals surface area contributed by atoms with E-state index >= 15 is 0 Å². The molecule has 1 N–H and O–H groups in total. The van der Waals surface area contributed by atoms with E-state index in [4.69, 9.17) is 0 Å². The maximum atomic E-state index is 10.9. The topological polar surface area (TPSA) is 79.5 Å². The highest BCUT2D eigenvalue weighted by Crippen LogP contribution is 2.46. The first-order valence-corrected chi connectivity index (χ1v) is 5.66. The van der Waals surface area contributed by atoms with Crippen molar-refractivity contribution >= 4 is 11.4 Å². The summed E-state index contributed by atoms with van der Waals surface area (Å²) in [5, 5.41) is 21.0. The molecular weight excluding hydrogens is 222 g/mol. The predicted molar refractivity (Wildman–Crippen MR) is 60.8 cm³/mol. The Morgan fingerprint density at radius 3 is 2.82 bits per heavy atom. The number of pyridine rings is 1. The van der Waals surface area contributed by atoms with E-state index in [0.717, 1.165) is 12.8 Å². The van der Waals surface area contributed by atoms with Crippen molar-refractivity contribution in [3.05, 3.63) is 28.6 Å². The molecule has 0 atom stereocenters. The van der Waals surface area contributed by atoms with Crippen LogP contribution in [-0.4, -0.2) is 33.7 Å². The van der Waals surface area contributed by atoms with Crippen molar-refractivity contribution in [2.24, 2.45) is 5.92 Å². The van der Waals surface area contributed by atoms with Gasteiger partial charge in [0.1, 0.15) is 17.5 Å². The van der Waals surface area contributed by atoms with Crippen molar-refractivity contribution < 1.29 is 10.0 Å². The molecule has 1 aromatic rings. The third-order valence-corrected chi connectivity index (χ3v) is 3.58. The van der Waals surface area contributed by atoms with E-state index in [1.54, 1.807) is 6.07 Å². The van der Waals surface area contributed by atoms with E-state index in [1.165, 1.54) is 12.4 Å². The number of hydrogen-bond donors (Lipinski definition) is 1. The Morgan fingerprint density at radius 1 is 1.53 bits per heavy atom. The van der Waals surface area contributed by atoms with Gasteiger partial charge in [-0.15, -0.1) is 0 Å². The van der Waals surface area contributed by atoms with Crippen LogP contribution in [-0.2, 0) is 0 Å². The summed E-state index contributed by atoms with van der Waals surface area (Å²) in [6.45, 7) is 0.977. The molecule has 0 bridgehead atoms. The lowest BCUT2D eigenvalue weighted by atomic mass is 9.88. The molecule has 6 heteroatoms. The summed E-state index contributed by atoms with van der Waals surface area (Å²) in [4.78, 5) is 16.0. The molecule has 1 aliphatic heterocycles. The highest BCUT2D eigenvalue weighted by Gasteiger charge is 2.52. The van der Waals surface area contributed by atoms with Crippen LogP contribution in [0.4, 0.5) is 11.4 Å². The lowest BCUT2D eigenvalue weighted by Crippen LogP contribution is -2.63.